The number of aryl methyl sites for hydroxylation is 3. The van der Waals surface area contributed by atoms with E-state index in [-0.39, 0.29) is 5.91 Å². The minimum atomic E-state index is -0.129. The number of rotatable bonds is 6. The number of hydrogen-bond acceptors (Lipinski definition) is 5. The molecule has 0 spiro atoms. The highest BCUT2D eigenvalue weighted by Crippen LogP contribution is 2.21. The lowest BCUT2D eigenvalue weighted by atomic mass is 9.99. The zero-order valence-corrected chi connectivity index (χ0v) is 17.9. The molecule has 0 bridgehead atoms. The minimum absolute atomic E-state index is 0.129. The van der Waals surface area contributed by atoms with Crippen LogP contribution in [0.2, 0.25) is 0 Å². The van der Waals surface area contributed by atoms with Gasteiger partial charge in [0.15, 0.2) is 5.65 Å². The highest BCUT2D eigenvalue weighted by atomic mass is 16.5. The summed E-state index contributed by atoms with van der Waals surface area (Å²) < 4.78 is 7.15. The molecular formula is C23H29N5O2. The molecule has 1 amide bonds. The van der Waals surface area contributed by atoms with Crippen molar-refractivity contribution in [2.45, 2.75) is 27.2 Å². The van der Waals surface area contributed by atoms with Crippen molar-refractivity contribution in [3.05, 3.63) is 64.1 Å². The standard InChI is InChI=1S/C23H29N5O2/c1-16-6-4-5-7-19(16)14-20-17(2)26-22-21(15-25-28(22)18(20)3)23(29)24-8-9-27-10-12-30-13-11-27/h4-7,15H,8-14H2,1-3H3,(H,24,29). The van der Waals surface area contributed by atoms with Gasteiger partial charge in [-0.3, -0.25) is 9.69 Å². The van der Waals surface area contributed by atoms with Crippen LogP contribution in [0, 0.1) is 20.8 Å². The van der Waals surface area contributed by atoms with Crippen molar-refractivity contribution in [3.63, 3.8) is 0 Å². The Balaban J connectivity index is 1.51. The number of benzene rings is 1. The maximum absolute atomic E-state index is 12.8. The molecule has 1 saturated heterocycles. The molecule has 7 heteroatoms. The van der Waals surface area contributed by atoms with Gasteiger partial charge < -0.3 is 10.1 Å². The lowest BCUT2D eigenvalue weighted by Crippen LogP contribution is -2.41. The summed E-state index contributed by atoms with van der Waals surface area (Å²) in [4.78, 5) is 19.8. The maximum atomic E-state index is 12.8. The molecule has 7 nitrogen and oxygen atoms in total. The van der Waals surface area contributed by atoms with Crippen LogP contribution in [0.15, 0.2) is 30.5 Å². The van der Waals surface area contributed by atoms with Gasteiger partial charge in [0.25, 0.3) is 5.91 Å². The molecule has 1 N–H and O–H groups in total. The van der Waals surface area contributed by atoms with Crippen LogP contribution >= 0.6 is 0 Å². The molecule has 2 aromatic heterocycles. The molecule has 30 heavy (non-hydrogen) atoms. The summed E-state index contributed by atoms with van der Waals surface area (Å²) in [5.41, 5.74) is 6.78. The van der Waals surface area contributed by atoms with Gasteiger partial charge in [0.2, 0.25) is 0 Å². The molecule has 0 atom stereocenters. The predicted molar refractivity (Wildman–Crippen MR) is 116 cm³/mol. The molecule has 0 unspecified atom stereocenters. The van der Waals surface area contributed by atoms with Crippen molar-refractivity contribution >= 4 is 11.6 Å². The molecule has 1 fully saturated rings. The lowest BCUT2D eigenvalue weighted by molar-refractivity contribution is 0.0383. The number of ether oxygens (including phenoxy) is 1. The second kappa shape index (κ2) is 8.93. The van der Waals surface area contributed by atoms with Crippen LogP contribution in [0.4, 0.5) is 0 Å². The summed E-state index contributed by atoms with van der Waals surface area (Å²) in [6, 6.07) is 8.39. The third kappa shape index (κ3) is 4.22. The van der Waals surface area contributed by atoms with Crippen molar-refractivity contribution in [2.75, 3.05) is 39.4 Å². The van der Waals surface area contributed by atoms with Crippen LogP contribution in [0.3, 0.4) is 0 Å². The molecule has 0 aliphatic carbocycles. The fourth-order valence-corrected chi connectivity index (χ4v) is 3.97. The number of fused-ring (bicyclic) bond motifs is 1. The Bertz CT molecular complexity index is 1050. The first-order valence-electron chi connectivity index (χ1n) is 10.5. The number of aromatic nitrogens is 3. The zero-order chi connectivity index (χ0) is 21.1. The van der Waals surface area contributed by atoms with Gasteiger partial charge >= 0.3 is 0 Å². The number of amides is 1. The number of nitrogens with zero attached hydrogens (tertiary/aromatic N) is 4. The van der Waals surface area contributed by atoms with Gasteiger partial charge in [-0.05, 0) is 37.5 Å². The first-order valence-corrected chi connectivity index (χ1v) is 10.5. The highest BCUT2D eigenvalue weighted by molar-refractivity contribution is 5.99. The Morgan fingerprint density at radius 2 is 1.93 bits per heavy atom. The van der Waals surface area contributed by atoms with Gasteiger partial charge in [0, 0.05) is 44.0 Å². The maximum Gasteiger partial charge on any atom is 0.256 e. The normalized spacial score (nSPS) is 14.9. The number of nitrogens with one attached hydrogen (secondary N) is 1. The highest BCUT2D eigenvalue weighted by Gasteiger charge is 2.19. The van der Waals surface area contributed by atoms with Crippen molar-refractivity contribution in [1.29, 1.82) is 0 Å². The Kier molecular flexibility index (Phi) is 6.11. The molecule has 3 aromatic rings. The van der Waals surface area contributed by atoms with Gasteiger partial charge in [0.1, 0.15) is 5.56 Å². The van der Waals surface area contributed by atoms with Crippen molar-refractivity contribution in [2.24, 2.45) is 0 Å². The minimum Gasteiger partial charge on any atom is -0.379 e. The van der Waals surface area contributed by atoms with Crippen molar-refractivity contribution < 1.29 is 9.53 Å². The Hall–Kier alpha value is -2.77. The van der Waals surface area contributed by atoms with Crippen molar-refractivity contribution in [3.8, 4) is 0 Å². The molecule has 158 valence electrons. The SMILES string of the molecule is Cc1ccccc1Cc1c(C)nc2c(C(=O)NCCN3CCOCC3)cnn2c1C. The van der Waals surface area contributed by atoms with Crippen LogP contribution in [0.25, 0.3) is 5.65 Å². The molecular weight excluding hydrogens is 378 g/mol. The molecule has 3 heterocycles. The molecule has 1 aromatic carbocycles. The van der Waals surface area contributed by atoms with E-state index in [0.717, 1.165) is 56.2 Å². The lowest BCUT2D eigenvalue weighted by Gasteiger charge is -2.26. The molecule has 1 aliphatic rings. The fraction of sp³-hybridized carbons (Fsp3) is 0.435. The summed E-state index contributed by atoms with van der Waals surface area (Å²) in [5, 5.41) is 7.48. The van der Waals surface area contributed by atoms with Gasteiger partial charge in [0.05, 0.1) is 19.4 Å². The largest absolute Gasteiger partial charge is 0.379 e. The Morgan fingerprint density at radius 1 is 1.17 bits per heavy atom. The van der Waals surface area contributed by atoms with Crippen LogP contribution < -0.4 is 5.32 Å². The number of carbonyl (C=O) groups excluding carboxylic acids is 1. The smallest absolute Gasteiger partial charge is 0.256 e. The Morgan fingerprint density at radius 3 is 2.70 bits per heavy atom. The second-order valence-electron chi connectivity index (χ2n) is 7.87. The monoisotopic (exact) mass is 407 g/mol. The van der Waals surface area contributed by atoms with Gasteiger partial charge in [-0.2, -0.15) is 5.10 Å². The van der Waals surface area contributed by atoms with Crippen LogP contribution in [0.1, 0.15) is 38.4 Å². The first-order chi connectivity index (χ1) is 14.5. The van der Waals surface area contributed by atoms with Crippen molar-refractivity contribution in [1.82, 2.24) is 24.8 Å². The third-order valence-corrected chi connectivity index (χ3v) is 5.90. The molecule has 0 radical (unpaired) electrons. The third-order valence-electron chi connectivity index (χ3n) is 5.90. The number of hydrogen-bond donors (Lipinski definition) is 1. The van der Waals surface area contributed by atoms with Gasteiger partial charge in [-0.15, -0.1) is 0 Å². The fourth-order valence-electron chi connectivity index (χ4n) is 3.97. The summed E-state index contributed by atoms with van der Waals surface area (Å²) >= 11 is 0. The van der Waals surface area contributed by atoms with E-state index in [9.17, 15) is 4.79 Å². The van der Waals surface area contributed by atoms with Crippen LogP contribution in [-0.2, 0) is 11.2 Å². The molecule has 0 saturated carbocycles. The zero-order valence-electron chi connectivity index (χ0n) is 17.9. The topological polar surface area (TPSA) is 71.8 Å². The van der Waals surface area contributed by atoms with E-state index in [4.69, 9.17) is 9.72 Å². The van der Waals surface area contributed by atoms with Gasteiger partial charge in [-0.25, -0.2) is 9.50 Å². The van der Waals surface area contributed by atoms with E-state index in [1.807, 2.05) is 13.8 Å². The van der Waals surface area contributed by atoms with E-state index in [1.165, 1.54) is 11.1 Å². The summed E-state index contributed by atoms with van der Waals surface area (Å²) in [6.07, 6.45) is 2.42. The quantitative estimate of drug-likeness (QED) is 0.679. The average Bonchev–Trinajstić information content (AvgIpc) is 3.17. The Labute approximate surface area is 177 Å². The number of carbonyl (C=O) groups is 1. The van der Waals surface area contributed by atoms with Gasteiger partial charge in [-0.1, -0.05) is 24.3 Å². The van der Waals surface area contributed by atoms with E-state index in [1.54, 1.807) is 10.7 Å². The number of morpholine rings is 1. The summed E-state index contributed by atoms with van der Waals surface area (Å²) in [7, 11) is 0. The second-order valence-corrected chi connectivity index (χ2v) is 7.87. The van der Waals surface area contributed by atoms with Crippen LogP contribution in [-0.4, -0.2) is 64.8 Å². The molecule has 1 aliphatic heterocycles. The molecule has 4 rings (SSSR count). The average molecular weight is 408 g/mol. The van der Waals surface area contributed by atoms with E-state index in [2.05, 4.69) is 46.5 Å². The summed E-state index contributed by atoms with van der Waals surface area (Å²) in [5.74, 6) is -0.129. The van der Waals surface area contributed by atoms with E-state index in [0.29, 0.717) is 17.8 Å². The van der Waals surface area contributed by atoms with Crippen LogP contribution in [0.5, 0.6) is 0 Å². The predicted octanol–water partition coefficient (Wildman–Crippen LogP) is 2.31. The first kappa shape index (κ1) is 20.5. The van der Waals surface area contributed by atoms with E-state index < -0.39 is 0 Å². The summed E-state index contributed by atoms with van der Waals surface area (Å²) in [6.45, 7) is 10.9. The van der Waals surface area contributed by atoms with E-state index >= 15 is 0 Å².